The van der Waals surface area contributed by atoms with Crippen molar-refractivity contribution >= 4 is 32.7 Å². The molecule has 0 N–H and O–H groups in total. The van der Waals surface area contributed by atoms with Crippen molar-refractivity contribution in [2.24, 2.45) is 0 Å². The summed E-state index contributed by atoms with van der Waals surface area (Å²) in [5, 5.41) is 3.46. The van der Waals surface area contributed by atoms with Crippen LogP contribution < -0.4 is 0 Å². The summed E-state index contributed by atoms with van der Waals surface area (Å²) in [5.74, 6) is 0.727. The first-order chi connectivity index (χ1) is 26.3. The van der Waals surface area contributed by atoms with E-state index in [1.165, 1.54) is 44.1 Å². The second kappa shape index (κ2) is 12.9. The van der Waals surface area contributed by atoms with Crippen LogP contribution in [0.15, 0.2) is 200 Å². The quantitative estimate of drug-likeness (QED) is 0.176. The van der Waals surface area contributed by atoms with Crippen molar-refractivity contribution in [3.05, 3.63) is 200 Å². The third kappa shape index (κ3) is 5.56. The molecule has 8 aromatic carbocycles. The van der Waals surface area contributed by atoms with E-state index in [0.29, 0.717) is 0 Å². The molecule has 0 atom stereocenters. The standard InChI is InChI=1S/C50H33N3/c1-5-15-34(16-6-1)40-29-41(35-17-7-2-8-18-35)31-42(30-40)53-47-24-14-13-23-43(47)44-32-39(26-28-48(44)53)38-25-27-46-45(33-38)49(36-19-9-3-10-20-36)52-50(51-46)37-21-11-4-12-22-37/h1-33H. The van der Waals surface area contributed by atoms with Gasteiger partial charge in [-0.05, 0) is 81.9 Å². The molecule has 2 heterocycles. The molecule has 0 aliphatic heterocycles. The van der Waals surface area contributed by atoms with E-state index in [4.69, 9.17) is 9.97 Å². The lowest BCUT2D eigenvalue weighted by Crippen LogP contribution is -1.96. The SMILES string of the molecule is c1ccc(-c2cc(-c3ccccc3)cc(-n3c4ccccc4c4cc(-c5ccc6nc(-c7ccccc7)nc(-c7ccccc7)c6c5)ccc43)c2)cc1. The number of aromatic nitrogens is 3. The molecule has 0 aliphatic rings. The molecule has 0 spiro atoms. The van der Waals surface area contributed by atoms with Crippen LogP contribution in [0.3, 0.4) is 0 Å². The van der Waals surface area contributed by atoms with Gasteiger partial charge in [0.05, 0.1) is 22.2 Å². The smallest absolute Gasteiger partial charge is 0.160 e. The molecule has 10 aromatic rings. The Morgan fingerprint density at radius 2 is 0.811 bits per heavy atom. The zero-order valence-corrected chi connectivity index (χ0v) is 28.9. The average Bonchev–Trinajstić information content (AvgIpc) is 3.58. The number of nitrogens with zero attached hydrogens (tertiary/aromatic N) is 3. The predicted octanol–water partition coefficient (Wildman–Crippen LogP) is 13.1. The van der Waals surface area contributed by atoms with Crippen molar-refractivity contribution in [1.82, 2.24) is 14.5 Å². The first-order valence-corrected chi connectivity index (χ1v) is 18.0. The molecule has 2 aromatic heterocycles. The Kier molecular flexibility index (Phi) is 7.47. The number of hydrogen-bond donors (Lipinski definition) is 0. The molecule has 248 valence electrons. The van der Waals surface area contributed by atoms with E-state index in [1.54, 1.807) is 0 Å². The van der Waals surface area contributed by atoms with Gasteiger partial charge in [0.15, 0.2) is 5.82 Å². The van der Waals surface area contributed by atoms with Crippen molar-refractivity contribution in [2.45, 2.75) is 0 Å². The molecule has 0 saturated carbocycles. The second-order valence-electron chi connectivity index (χ2n) is 13.4. The minimum absolute atomic E-state index is 0.727. The van der Waals surface area contributed by atoms with E-state index in [0.717, 1.165) is 50.4 Å². The summed E-state index contributed by atoms with van der Waals surface area (Å²) in [4.78, 5) is 10.2. The average molecular weight is 676 g/mol. The van der Waals surface area contributed by atoms with Gasteiger partial charge in [-0.1, -0.05) is 152 Å². The van der Waals surface area contributed by atoms with Crippen LogP contribution in [-0.4, -0.2) is 14.5 Å². The molecule has 3 heteroatoms. The highest BCUT2D eigenvalue weighted by molar-refractivity contribution is 6.11. The maximum atomic E-state index is 5.15. The Morgan fingerprint density at radius 1 is 0.302 bits per heavy atom. The van der Waals surface area contributed by atoms with Gasteiger partial charge in [0.2, 0.25) is 0 Å². The monoisotopic (exact) mass is 675 g/mol. The van der Waals surface area contributed by atoms with E-state index in [-0.39, 0.29) is 0 Å². The first-order valence-electron chi connectivity index (χ1n) is 18.0. The normalized spacial score (nSPS) is 11.4. The topological polar surface area (TPSA) is 30.7 Å². The number of rotatable bonds is 6. The molecule has 0 fully saturated rings. The molecule has 0 amide bonds. The van der Waals surface area contributed by atoms with Crippen molar-refractivity contribution in [2.75, 3.05) is 0 Å². The summed E-state index contributed by atoms with van der Waals surface area (Å²) >= 11 is 0. The lowest BCUT2D eigenvalue weighted by molar-refractivity contribution is 1.18. The Balaban J connectivity index is 1.15. The van der Waals surface area contributed by atoms with E-state index in [2.05, 4.69) is 180 Å². The Bertz CT molecular complexity index is 2860. The minimum atomic E-state index is 0.727. The summed E-state index contributed by atoms with van der Waals surface area (Å²) in [6.45, 7) is 0. The molecule has 0 aliphatic carbocycles. The van der Waals surface area contributed by atoms with E-state index < -0.39 is 0 Å². The van der Waals surface area contributed by atoms with Gasteiger partial charge in [0.1, 0.15) is 0 Å². The largest absolute Gasteiger partial charge is 0.309 e. The van der Waals surface area contributed by atoms with Gasteiger partial charge in [-0.3, -0.25) is 0 Å². The lowest BCUT2D eigenvalue weighted by Gasteiger charge is -2.14. The highest BCUT2D eigenvalue weighted by atomic mass is 15.0. The van der Waals surface area contributed by atoms with Crippen LogP contribution in [0.4, 0.5) is 0 Å². The summed E-state index contributed by atoms with van der Waals surface area (Å²) in [6.07, 6.45) is 0. The second-order valence-corrected chi connectivity index (χ2v) is 13.4. The number of benzene rings is 8. The van der Waals surface area contributed by atoms with Crippen LogP contribution in [-0.2, 0) is 0 Å². The molecule has 3 nitrogen and oxygen atoms in total. The zero-order chi connectivity index (χ0) is 35.1. The van der Waals surface area contributed by atoms with Crippen LogP contribution in [0.5, 0.6) is 0 Å². The fourth-order valence-electron chi connectivity index (χ4n) is 7.61. The van der Waals surface area contributed by atoms with E-state index in [9.17, 15) is 0 Å². The van der Waals surface area contributed by atoms with E-state index >= 15 is 0 Å². The number of hydrogen-bond acceptors (Lipinski definition) is 2. The Labute approximate surface area is 308 Å². The Hall–Kier alpha value is -7.10. The summed E-state index contributed by atoms with van der Waals surface area (Å²) in [6, 6.07) is 71.1. The van der Waals surface area contributed by atoms with Gasteiger partial charge in [-0.25, -0.2) is 9.97 Å². The fraction of sp³-hybridized carbons (Fsp3) is 0. The maximum absolute atomic E-state index is 5.15. The van der Waals surface area contributed by atoms with Crippen molar-refractivity contribution in [3.63, 3.8) is 0 Å². The van der Waals surface area contributed by atoms with Crippen molar-refractivity contribution in [3.8, 4) is 61.7 Å². The van der Waals surface area contributed by atoms with Gasteiger partial charge in [0.25, 0.3) is 0 Å². The molecule has 53 heavy (non-hydrogen) atoms. The third-order valence-corrected chi connectivity index (χ3v) is 10.2. The number of fused-ring (bicyclic) bond motifs is 4. The van der Waals surface area contributed by atoms with Crippen LogP contribution in [0.25, 0.3) is 94.4 Å². The summed E-state index contributed by atoms with van der Waals surface area (Å²) < 4.78 is 2.42. The lowest BCUT2D eigenvalue weighted by atomic mass is 9.97. The zero-order valence-electron chi connectivity index (χ0n) is 28.9. The first kappa shape index (κ1) is 30.7. The van der Waals surface area contributed by atoms with Gasteiger partial charge < -0.3 is 4.57 Å². The van der Waals surface area contributed by atoms with Crippen LogP contribution in [0, 0.1) is 0 Å². The summed E-state index contributed by atoms with van der Waals surface area (Å²) in [5.41, 5.74) is 14.4. The molecule has 0 bridgehead atoms. The molecule has 0 unspecified atom stereocenters. The summed E-state index contributed by atoms with van der Waals surface area (Å²) in [7, 11) is 0. The van der Waals surface area contributed by atoms with Gasteiger partial charge in [-0.15, -0.1) is 0 Å². The molecular formula is C50H33N3. The van der Waals surface area contributed by atoms with Gasteiger partial charge >= 0.3 is 0 Å². The van der Waals surface area contributed by atoms with E-state index in [1.807, 2.05) is 24.3 Å². The molecule has 0 saturated heterocycles. The predicted molar refractivity (Wildman–Crippen MR) is 221 cm³/mol. The minimum Gasteiger partial charge on any atom is -0.309 e. The third-order valence-electron chi connectivity index (χ3n) is 10.2. The molecule has 10 rings (SSSR count). The van der Waals surface area contributed by atoms with Crippen molar-refractivity contribution in [1.29, 1.82) is 0 Å². The highest BCUT2D eigenvalue weighted by Gasteiger charge is 2.17. The van der Waals surface area contributed by atoms with Crippen LogP contribution in [0.1, 0.15) is 0 Å². The molecule has 0 radical (unpaired) electrons. The fourth-order valence-corrected chi connectivity index (χ4v) is 7.61. The highest BCUT2D eigenvalue weighted by Crippen LogP contribution is 2.39. The maximum Gasteiger partial charge on any atom is 0.160 e. The van der Waals surface area contributed by atoms with Crippen LogP contribution >= 0.6 is 0 Å². The molecular weight excluding hydrogens is 643 g/mol. The van der Waals surface area contributed by atoms with Crippen molar-refractivity contribution < 1.29 is 0 Å². The van der Waals surface area contributed by atoms with Crippen LogP contribution in [0.2, 0.25) is 0 Å². The Morgan fingerprint density at radius 3 is 1.45 bits per heavy atom. The van der Waals surface area contributed by atoms with Gasteiger partial charge in [-0.2, -0.15) is 0 Å². The number of para-hydroxylation sites is 1. The van der Waals surface area contributed by atoms with Gasteiger partial charge in [0, 0.05) is 33.0 Å².